The van der Waals surface area contributed by atoms with Crippen LogP contribution in [0, 0.1) is 5.82 Å². The number of carbonyl (C=O) groups is 2. The fraction of sp³-hybridized carbons (Fsp3) is 0.385. The summed E-state index contributed by atoms with van der Waals surface area (Å²) in [5.41, 5.74) is 0.623. The van der Waals surface area contributed by atoms with Gasteiger partial charge in [0.05, 0.1) is 30.9 Å². The number of Topliss-reactive ketones (excluding diaryl/α,β-unsaturated/α-hetero) is 1. The molecule has 2 aromatic carbocycles. The third kappa shape index (κ3) is 5.50. The number of morpholine rings is 1. The third-order valence-electron chi connectivity index (χ3n) is 6.05. The highest BCUT2D eigenvalue weighted by Gasteiger charge is 2.46. The lowest BCUT2D eigenvalue weighted by Gasteiger charge is -2.31. The lowest BCUT2D eigenvalue weighted by atomic mass is 9.95. The Kier molecular flexibility index (Phi) is 7.74. The molecule has 2 saturated heterocycles. The minimum Gasteiger partial charge on any atom is -0.507 e. The zero-order valence-electron chi connectivity index (χ0n) is 19.7. The lowest BCUT2D eigenvalue weighted by Crippen LogP contribution is -2.42. The number of hydrogen-bond acceptors (Lipinski definition) is 6. The van der Waals surface area contributed by atoms with E-state index in [1.807, 2.05) is 0 Å². The van der Waals surface area contributed by atoms with E-state index in [0.29, 0.717) is 30.3 Å². The fourth-order valence-corrected chi connectivity index (χ4v) is 4.46. The molecule has 2 aromatic rings. The number of nitrogens with zero attached hydrogens (tertiary/aromatic N) is 2. The smallest absolute Gasteiger partial charge is 0.295 e. The third-order valence-corrected chi connectivity index (χ3v) is 6.31. The highest BCUT2D eigenvalue weighted by molar-refractivity contribution is 6.46. The van der Waals surface area contributed by atoms with Gasteiger partial charge < -0.3 is 19.5 Å². The Balaban J connectivity index is 1.72. The van der Waals surface area contributed by atoms with E-state index in [1.165, 1.54) is 17.0 Å². The Labute approximate surface area is 208 Å². The highest BCUT2D eigenvalue weighted by Crippen LogP contribution is 2.40. The minimum atomic E-state index is -0.831. The molecule has 1 N–H and O–H groups in total. The van der Waals surface area contributed by atoms with Crippen LogP contribution in [0.4, 0.5) is 4.39 Å². The zero-order chi connectivity index (χ0) is 25.1. The van der Waals surface area contributed by atoms with Crippen LogP contribution in [0.15, 0.2) is 48.0 Å². The van der Waals surface area contributed by atoms with Crippen molar-refractivity contribution in [3.63, 3.8) is 0 Å². The number of ketones is 1. The molecule has 2 aliphatic heterocycles. The van der Waals surface area contributed by atoms with E-state index in [2.05, 4.69) is 4.90 Å². The normalized spacial score (nSPS) is 20.6. The van der Waals surface area contributed by atoms with Crippen molar-refractivity contribution in [1.82, 2.24) is 9.80 Å². The van der Waals surface area contributed by atoms with E-state index in [-0.39, 0.29) is 29.5 Å². The van der Waals surface area contributed by atoms with Gasteiger partial charge in [0.15, 0.2) is 11.6 Å². The molecule has 1 unspecified atom stereocenters. The van der Waals surface area contributed by atoms with E-state index in [1.54, 1.807) is 38.1 Å². The summed E-state index contributed by atoms with van der Waals surface area (Å²) >= 11 is 6.06. The lowest BCUT2D eigenvalue weighted by molar-refractivity contribution is -0.140. The van der Waals surface area contributed by atoms with Crippen LogP contribution >= 0.6 is 11.6 Å². The molecule has 186 valence electrons. The molecule has 4 rings (SSSR count). The molecule has 7 nitrogen and oxygen atoms in total. The maximum absolute atomic E-state index is 14.6. The number of aliphatic hydroxyl groups is 1. The van der Waals surface area contributed by atoms with Gasteiger partial charge in [0.2, 0.25) is 0 Å². The molecular formula is C26H28ClFN2O5. The number of benzene rings is 2. The molecule has 0 saturated carbocycles. The predicted molar refractivity (Wildman–Crippen MR) is 130 cm³/mol. The molecule has 0 aliphatic carbocycles. The summed E-state index contributed by atoms with van der Waals surface area (Å²) in [5, 5.41) is 11.6. The number of ether oxygens (including phenoxy) is 2. The number of aliphatic hydroxyl groups excluding tert-OH is 1. The van der Waals surface area contributed by atoms with Crippen LogP contribution < -0.4 is 4.74 Å². The number of halogens is 2. The van der Waals surface area contributed by atoms with Crippen LogP contribution in [-0.2, 0) is 14.3 Å². The van der Waals surface area contributed by atoms with Gasteiger partial charge in [-0.15, -0.1) is 0 Å². The maximum Gasteiger partial charge on any atom is 0.295 e. The van der Waals surface area contributed by atoms with Crippen molar-refractivity contribution in [1.29, 1.82) is 0 Å². The largest absolute Gasteiger partial charge is 0.507 e. The van der Waals surface area contributed by atoms with E-state index < -0.39 is 29.3 Å². The van der Waals surface area contributed by atoms with Gasteiger partial charge in [0, 0.05) is 36.8 Å². The van der Waals surface area contributed by atoms with Gasteiger partial charge in [-0.1, -0.05) is 23.7 Å². The maximum atomic E-state index is 14.6. The van der Waals surface area contributed by atoms with E-state index in [0.717, 1.165) is 19.2 Å². The first-order valence-corrected chi connectivity index (χ1v) is 11.9. The van der Waals surface area contributed by atoms with Crippen LogP contribution in [0.3, 0.4) is 0 Å². The Bertz CT molecular complexity index is 1130. The van der Waals surface area contributed by atoms with Crippen molar-refractivity contribution in [2.45, 2.75) is 26.0 Å². The van der Waals surface area contributed by atoms with Crippen molar-refractivity contribution >= 4 is 29.1 Å². The van der Waals surface area contributed by atoms with E-state index in [4.69, 9.17) is 21.1 Å². The second-order valence-electron chi connectivity index (χ2n) is 8.81. The summed E-state index contributed by atoms with van der Waals surface area (Å²) in [5.74, 6) is -2.59. The number of amides is 1. The molecular weight excluding hydrogens is 475 g/mol. The standard InChI is InChI=1S/C26H28ClFN2O5/c1-16(2)35-21-8-5-18(15-20(21)28)24(31)22-23(17-3-6-19(27)7-4-17)30(26(33)25(22)32)10-9-29-11-13-34-14-12-29/h3-8,15-16,23,31H,9-14H2,1-2H3/b24-22+. The molecule has 0 bridgehead atoms. The highest BCUT2D eigenvalue weighted by atomic mass is 35.5. The van der Waals surface area contributed by atoms with Crippen LogP contribution in [0.1, 0.15) is 31.0 Å². The Hall–Kier alpha value is -2.94. The van der Waals surface area contributed by atoms with Gasteiger partial charge in [-0.25, -0.2) is 4.39 Å². The molecule has 35 heavy (non-hydrogen) atoms. The average molecular weight is 503 g/mol. The average Bonchev–Trinajstić information content (AvgIpc) is 3.09. The van der Waals surface area contributed by atoms with Gasteiger partial charge >= 0.3 is 0 Å². The van der Waals surface area contributed by atoms with Crippen molar-refractivity contribution in [3.8, 4) is 5.75 Å². The molecule has 1 amide bonds. The van der Waals surface area contributed by atoms with Crippen LogP contribution in [0.25, 0.3) is 5.76 Å². The van der Waals surface area contributed by atoms with Crippen LogP contribution in [0.2, 0.25) is 5.02 Å². The second-order valence-corrected chi connectivity index (χ2v) is 9.25. The Morgan fingerprint density at radius 1 is 1.14 bits per heavy atom. The van der Waals surface area contributed by atoms with Crippen LogP contribution in [0.5, 0.6) is 5.75 Å². The summed E-state index contributed by atoms with van der Waals surface area (Å²) in [4.78, 5) is 29.8. The number of likely N-dealkylation sites (tertiary alicyclic amines) is 1. The molecule has 0 spiro atoms. The number of rotatable bonds is 7. The molecule has 2 fully saturated rings. The van der Waals surface area contributed by atoms with E-state index in [9.17, 15) is 19.1 Å². The quantitative estimate of drug-likeness (QED) is 0.350. The van der Waals surface area contributed by atoms with E-state index >= 15 is 0 Å². The monoisotopic (exact) mass is 502 g/mol. The first-order valence-electron chi connectivity index (χ1n) is 11.6. The molecule has 2 heterocycles. The van der Waals surface area contributed by atoms with Gasteiger partial charge in [-0.2, -0.15) is 0 Å². The zero-order valence-corrected chi connectivity index (χ0v) is 20.4. The molecule has 0 aromatic heterocycles. The fourth-order valence-electron chi connectivity index (χ4n) is 4.33. The second kappa shape index (κ2) is 10.8. The topological polar surface area (TPSA) is 79.3 Å². The molecule has 0 radical (unpaired) electrons. The number of carbonyl (C=O) groups excluding carboxylic acids is 2. The Morgan fingerprint density at radius 2 is 1.83 bits per heavy atom. The molecule has 2 aliphatic rings. The Morgan fingerprint density at radius 3 is 2.46 bits per heavy atom. The van der Waals surface area contributed by atoms with Gasteiger partial charge in [-0.05, 0) is 49.7 Å². The summed E-state index contributed by atoms with van der Waals surface area (Å²) in [6, 6.07) is 9.90. The molecule has 9 heteroatoms. The molecule has 1 atom stereocenters. The SMILES string of the molecule is CC(C)Oc1ccc(/C(O)=C2\C(=O)C(=O)N(CCN3CCOCC3)C2c2ccc(Cl)cc2)cc1F. The minimum absolute atomic E-state index is 0.0387. The summed E-state index contributed by atoms with van der Waals surface area (Å²) < 4.78 is 25.5. The van der Waals surface area contributed by atoms with Crippen molar-refractivity contribution < 1.29 is 28.6 Å². The first-order chi connectivity index (χ1) is 16.8. The first kappa shape index (κ1) is 25.2. The number of hydrogen-bond donors (Lipinski definition) is 1. The van der Waals surface area contributed by atoms with Crippen molar-refractivity contribution in [3.05, 3.63) is 70.0 Å². The summed E-state index contributed by atoms with van der Waals surface area (Å²) in [6.45, 7) is 7.08. The van der Waals surface area contributed by atoms with Crippen molar-refractivity contribution in [2.75, 3.05) is 39.4 Å². The summed E-state index contributed by atoms with van der Waals surface area (Å²) in [6.07, 6.45) is -0.231. The van der Waals surface area contributed by atoms with Gasteiger partial charge in [-0.3, -0.25) is 14.5 Å². The predicted octanol–water partition coefficient (Wildman–Crippen LogP) is 4.02. The van der Waals surface area contributed by atoms with Gasteiger partial charge in [0.1, 0.15) is 5.76 Å². The van der Waals surface area contributed by atoms with Crippen LogP contribution in [-0.4, -0.2) is 72.1 Å². The van der Waals surface area contributed by atoms with Gasteiger partial charge in [0.25, 0.3) is 11.7 Å². The van der Waals surface area contributed by atoms with Crippen molar-refractivity contribution in [2.24, 2.45) is 0 Å². The summed E-state index contributed by atoms with van der Waals surface area (Å²) in [7, 11) is 0.